The van der Waals surface area contributed by atoms with Crippen LogP contribution in [-0.4, -0.2) is 29.2 Å². The summed E-state index contributed by atoms with van der Waals surface area (Å²) in [7, 11) is 0. The second-order valence-electron chi connectivity index (χ2n) is 4.17. The highest BCUT2D eigenvalue weighted by Gasteiger charge is 2.32. The standard InChI is InChI=1S/C13H14Br2F3NO/c1-2-6-19(7-5-14)12(20)10-8-9(13(16,17)18)3-4-11(10)15/h3-4,8H,2,5-7H2,1H3. The summed E-state index contributed by atoms with van der Waals surface area (Å²) in [5.74, 6) is -0.399. The summed E-state index contributed by atoms with van der Waals surface area (Å²) in [4.78, 5) is 13.9. The first kappa shape index (κ1) is 17.5. The molecule has 1 rings (SSSR count). The van der Waals surface area contributed by atoms with Gasteiger partial charge in [0.05, 0.1) is 11.1 Å². The quantitative estimate of drug-likeness (QED) is 0.636. The number of hydrogen-bond donors (Lipinski definition) is 0. The fourth-order valence-electron chi connectivity index (χ4n) is 1.72. The van der Waals surface area contributed by atoms with Gasteiger partial charge in [-0.25, -0.2) is 0 Å². The van der Waals surface area contributed by atoms with Crippen molar-refractivity contribution in [2.24, 2.45) is 0 Å². The van der Waals surface area contributed by atoms with Gasteiger partial charge in [0, 0.05) is 22.9 Å². The predicted molar refractivity (Wildman–Crippen MR) is 79.1 cm³/mol. The lowest BCUT2D eigenvalue weighted by Gasteiger charge is -2.22. The minimum absolute atomic E-state index is 0.0363. The number of benzene rings is 1. The van der Waals surface area contributed by atoms with Crippen LogP contribution in [0.2, 0.25) is 0 Å². The van der Waals surface area contributed by atoms with Gasteiger partial charge >= 0.3 is 6.18 Å². The molecule has 0 unspecified atom stereocenters. The molecule has 1 aromatic rings. The molecule has 0 N–H and O–H groups in total. The third-order valence-electron chi connectivity index (χ3n) is 2.66. The maximum absolute atomic E-state index is 12.7. The first-order valence-electron chi connectivity index (χ1n) is 6.03. The average Bonchev–Trinajstić information content (AvgIpc) is 2.37. The Labute approximate surface area is 132 Å². The molecule has 112 valence electrons. The second kappa shape index (κ2) is 7.45. The molecule has 0 aliphatic carbocycles. The van der Waals surface area contributed by atoms with Crippen molar-refractivity contribution in [3.8, 4) is 0 Å². The molecule has 0 saturated carbocycles. The number of nitrogens with zero attached hydrogens (tertiary/aromatic N) is 1. The van der Waals surface area contributed by atoms with E-state index < -0.39 is 17.6 Å². The molecule has 0 fully saturated rings. The SMILES string of the molecule is CCCN(CCBr)C(=O)c1cc(C(F)(F)F)ccc1Br. The van der Waals surface area contributed by atoms with Crippen LogP contribution >= 0.6 is 31.9 Å². The first-order chi connectivity index (χ1) is 9.31. The van der Waals surface area contributed by atoms with Crippen LogP contribution in [0.4, 0.5) is 13.2 Å². The normalized spacial score (nSPS) is 11.5. The predicted octanol–water partition coefficient (Wildman–Crippen LogP) is 4.72. The lowest BCUT2D eigenvalue weighted by atomic mass is 10.1. The number of alkyl halides is 4. The van der Waals surface area contributed by atoms with Crippen molar-refractivity contribution in [1.82, 2.24) is 4.90 Å². The largest absolute Gasteiger partial charge is 0.416 e. The van der Waals surface area contributed by atoms with Gasteiger partial charge in [-0.1, -0.05) is 22.9 Å². The van der Waals surface area contributed by atoms with Crippen LogP contribution in [0.25, 0.3) is 0 Å². The highest BCUT2D eigenvalue weighted by atomic mass is 79.9. The van der Waals surface area contributed by atoms with E-state index in [-0.39, 0.29) is 5.56 Å². The van der Waals surface area contributed by atoms with E-state index in [0.717, 1.165) is 18.6 Å². The van der Waals surface area contributed by atoms with E-state index in [9.17, 15) is 18.0 Å². The van der Waals surface area contributed by atoms with E-state index in [4.69, 9.17) is 0 Å². The van der Waals surface area contributed by atoms with Gasteiger partial charge in [-0.2, -0.15) is 13.2 Å². The molecular formula is C13H14Br2F3NO. The Morgan fingerprint density at radius 1 is 1.30 bits per heavy atom. The Hall–Kier alpha value is -0.560. The number of amides is 1. The molecule has 7 heteroatoms. The van der Waals surface area contributed by atoms with E-state index in [1.54, 1.807) is 0 Å². The van der Waals surface area contributed by atoms with Gasteiger partial charge in [-0.15, -0.1) is 0 Å². The Balaban J connectivity index is 3.13. The fourth-order valence-corrected chi connectivity index (χ4v) is 2.57. The lowest BCUT2D eigenvalue weighted by molar-refractivity contribution is -0.137. The summed E-state index contributed by atoms with van der Waals surface area (Å²) < 4.78 is 38.5. The summed E-state index contributed by atoms with van der Waals surface area (Å²) in [5.41, 5.74) is -0.784. The Bertz CT molecular complexity index is 471. The Kier molecular flexibility index (Phi) is 6.51. The summed E-state index contributed by atoms with van der Waals surface area (Å²) in [6.45, 7) is 2.87. The van der Waals surface area contributed by atoms with Crippen LogP contribution in [0.15, 0.2) is 22.7 Å². The van der Waals surface area contributed by atoms with Crippen molar-refractivity contribution in [3.05, 3.63) is 33.8 Å². The van der Waals surface area contributed by atoms with Crippen molar-refractivity contribution in [3.63, 3.8) is 0 Å². The van der Waals surface area contributed by atoms with Gasteiger partial charge in [-0.05, 0) is 40.5 Å². The van der Waals surface area contributed by atoms with E-state index in [2.05, 4.69) is 31.9 Å². The van der Waals surface area contributed by atoms with Crippen LogP contribution in [0.5, 0.6) is 0 Å². The maximum atomic E-state index is 12.7. The van der Waals surface area contributed by atoms with Crippen LogP contribution in [0.3, 0.4) is 0 Å². The minimum Gasteiger partial charge on any atom is -0.338 e. The summed E-state index contributed by atoms with van der Waals surface area (Å²) in [5, 5.41) is 0.579. The number of rotatable bonds is 5. The third-order valence-corrected chi connectivity index (χ3v) is 3.71. The smallest absolute Gasteiger partial charge is 0.338 e. The zero-order chi connectivity index (χ0) is 15.3. The van der Waals surface area contributed by atoms with Crippen molar-refractivity contribution in [2.45, 2.75) is 19.5 Å². The molecule has 0 saturated heterocycles. The van der Waals surface area contributed by atoms with E-state index >= 15 is 0 Å². The van der Waals surface area contributed by atoms with Gasteiger partial charge < -0.3 is 4.90 Å². The molecule has 0 spiro atoms. The molecular weight excluding hydrogens is 403 g/mol. The monoisotopic (exact) mass is 415 g/mol. The topological polar surface area (TPSA) is 20.3 Å². The molecule has 1 aromatic carbocycles. The molecule has 2 nitrogen and oxygen atoms in total. The molecule has 0 heterocycles. The first-order valence-corrected chi connectivity index (χ1v) is 7.94. The summed E-state index contributed by atoms with van der Waals surface area (Å²) in [6, 6.07) is 3.10. The van der Waals surface area contributed by atoms with Crippen LogP contribution in [-0.2, 0) is 6.18 Å². The van der Waals surface area contributed by atoms with E-state index in [1.165, 1.54) is 11.0 Å². The number of hydrogen-bond acceptors (Lipinski definition) is 1. The van der Waals surface area contributed by atoms with Gasteiger partial charge in [0.1, 0.15) is 0 Å². The highest BCUT2D eigenvalue weighted by Crippen LogP contribution is 2.32. The summed E-state index contributed by atoms with van der Waals surface area (Å²) in [6.07, 6.45) is -3.71. The van der Waals surface area contributed by atoms with Crippen molar-refractivity contribution in [2.75, 3.05) is 18.4 Å². The zero-order valence-electron chi connectivity index (χ0n) is 10.8. The zero-order valence-corrected chi connectivity index (χ0v) is 14.0. The molecule has 0 aromatic heterocycles. The molecule has 1 amide bonds. The Morgan fingerprint density at radius 2 is 1.95 bits per heavy atom. The van der Waals surface area contributed by atoms with E-state index in [0.29, 0.717) is 22.9 Å². The van der Waals surface area contributed by atoms with Crippen LogP contribution < -0.4 is 0 Å². The lowest BCUT2D eigenvalue weighted by Crippen LogP contribution is -2.33. The van der Waals surface area contributed by atoms with Crippen LogP contribution in [0.1, 0.15) is 29.3 Å². The highest BCUT2D eigenvalue weighted by molar-refractivity contribution is 9.10. The molecule has 0 aliphatic rings. The average molecular weight is 417 g/mol. The third kappa shape index (κ3) is 4.48. The van der Waals surface area contributed by atoms with Crippen molar-refractivity contribution < 1.29 is 18.0 Å². The number of carbonyl (C=O) groups excluding carboxylic acids is 1. The minimum atomic E-state index is -4.46. The molecule has 20 heavy (non-hydrogen) atoms. The maximum Gasteiger partial charge on any atom is 0.416 e. The van der Waals surface area contributed by atoms with Gasteiger partial charge in [0.25, 0.3) is 5.91 Å². The number of halogens is 5. The van der Waals surface area contributed by atoms with Gasteiger partial charge in [0.2, 0.25) is 0 Å². The second-order valence-corrected chi connectivity index (χ2v) is 5.82. The number of carbonyl (C=O) groups is 1. The summed E-state index contributed by atoms with van der Waals surface area (Å²) >= 11 is 6.38. The van der Waals surface area contributed by atoms with Crippen molar-refractivity contribution in [1.29, 1.82) is 0 Å². The van der Waals surface area contributed by atoms with Crippen molar-refractivity contribution >= 4 is 37.8 Å². The van der Waals surface area contributed by atoms with Crippen LogP contribution in [0, 0.1) is 0 Å². The van der Waals surface area contributed by atoms with Gasteiger partial charge in [0.15, 0.2) is 0 Å². The molecule has 0 aliphatic heterocycles. The van der Waals surface area contributed by atoms with Gasteiger partial charge in [-0.3, -0.25) is 4.79 Å². The Morgan fingerprint density at radius 3 is 2.45 bits per heavy atom. The van der Waals surface area contributed by atoms with E-state index in [1.807, 2.05) is 6.92 Å². The molecule has 0 radical (unpaired) electrons. The fraction of sp³-hybridized carbons (Fsp3) is 0.462. The molecule has 0 bridgehead atoms. The molecule has 0 atom stereocenters.